The number of hydrogen-bond donors (Lipinski definition) is 2. The molecule has 0 unspecified atom stereocenters. The number of rotatable bonds is 2. The third-order valence-corrected chi connectivity index (χ3v) is 2.38. The van der Waals surface area contributed by atoms with E-state index in [4.69, 9.17) is 4.74 Å². The Labute approximate surface area is 91.8 Å². The monoisotopic (exact) mass is 214 g/mol. The van der Waals surface area contributed by atoms with E-state index in [0.717, 1.165) is 13.0 Å². The molecule has 15 heavy (non-hydrogen) atoms. The zero-order chi connectivity index (χ0) is 11.5. The summed E-state index contributed by atoms with van der Waals surface area (Å²) in [6, 6.07) is 0.565. The Morgan fingerprint density at radius 1 is 1.53 bits per heavy atom. The first-order chi connectivity index (χ1) is 6.87. The molecule has 0 aromatic heterocycles. The van der Waals surface area contributed by atoms with Gasteiger partial charge in [-0.25, -0.2) is 4.79 Å². The maximum absolute atomic E-state index is 11.3. The molecule has 1 rings (SSSR count). The molecule has 1 aliphatic heterocycles. The lowest BCUT2D eigenvalue weighted by Gasteiger charge is -2.20. The smallest absolute Gasteiger partial charge is 0.407 e. The highest BCUT2D eigenvalue weighted by molar-refractivity contribution is 5.67. The molecule has 2 N–H and O–H groups in total. The van der Waals surface area contributed by atoms with Crippen molar-refractivity contribution in [2.24, 2.45) is 5.92 Å². The Morgan fingerprint density at radius 2 is 2.20 bits per heavy atom. The number of carbonyl (C=O) groups is 1. The number of hydrogen-bond acceptors (Lipinski definition) is 3. The third kappa shape index (κ3) is 5.02. The van der Waals surface area contributed by atoms with Crippen LogP contribution in [0.2, 0.25) is 0 Å². The Bertz CT molecular complexity index is 223. The van der Waals surface area contributed by atoms with E-state index in [1.807, 2.05) is 20.8 Å². The fourth-order valence-corrected chi connectivity index (χ4v) is 1.73. The van der Waals surface area contributed by atoms with E-state index in [9.17, 15) is 4.79 Å². The van der Waals surface area contributed by atoms with Gasteiger partial charge in [0, 0.05) is 12.6 Å². The number of carbonyl (C=O) groups excluding carboxylic acids is 1. The van der Waals surface area contributed by atoms with E-state index in [2.05, 4.69) is 17.6 Å². The minimum atomic E-state index is -0.411. The molecule has 0 spiro atoms. The molecule has 88 valence electrons. The standard InChI is InChI=1S/C11H22N2O2/c1-8-5-9(6-12-8)7-13-10(14)15-11(2,3)4/h8-9,12H,5-7H2,1-4H3,(H,13,14)/t8-,9+/m1/s1. The summed E-state index contributed by atoms with van der Waals surface area (Å²) in [6.45, 7) is 9.44. The highest BCUT2D eigenvalue weighted by atomic mass is 16.6. The first-order valence-corrected chi connectivity index (χ1v) is 5.57. The van der Waals surface area contributed by atoms with Gasteiger partial charge in [0.15, 0.2) is 0 Å². The van der Waals surface area contributed by atoms with Crippen molar-refractivity contribution in [1.29, 1.82) is 0 Å². The zero-order valence-electron chi connectivity index (χ0n) is 10.1. The summed E-state index contributed by atoms with van der Waals surface area (Å²) >= 11 is 0. The van der Waals surface area contributed by atoms with Crippen molar-refractivity contribution in [1.82, 2.24) is 10.6 Å². The Kier molecular flexibility index (Phi) is 3.97. The van der Waals surface area contributed by atoms with Gasteiger partial charge < -0.3 is 15.4 Å². The summed E-state index contributed by atoms with van der Waals surface area (Å²) in [5.41, 5.74) is -0.411. The Hall–Kier alpha value is -0.770. The first kappa shape index (κ1) is 12.3. The average Bonchev–Trinajstić information content (AvgIpc) is 2.45. The van der Waals surface area contributed by atoms with Crippen LogP contribution < -0.4 is 10.6 Å². The fraction of sp³-hybridized carbons (Fsp3) is 0.909. The number of alkyl carbamates (subject to hydrolysis) is 1. The van der Waals surface area contributed by atoms with Gasteiger partial charge in [0.25, 0.3) is 0 Å². The first-order valence-electron chi connectivity index (χ1n) is 5.57. The summed E-state index contributed by atoms with van der Waals surface area (Å²) < 4.78 is 5.15. The van der Waals surface area contributed by atoms with Crippen LogP contribution in [0.4, 0.5) is 4.79 Å². The molecule has 0 saturated carbocycles. The lowest BCUT2D eigenvalue weighted by molar-refractivity contribution is 0.0520. The lowest BCUT2D eigenvalue weighted by Crippen LogP contribution is -2.35. The summed E-state index contributed by atoms with van der Waals surface area (Å²) in [6.07, 6.45) is 0.803. The minimum absolute atomic E-state index is 0.318. The quantitative estimate of drug-likeness (QED) is 0.732. The molecule has 2 atom stereocenters. The van der Waals surface area contributed by atoms with E-state index in [1.165, 1.54) is 0 Å². The van der Waals surface area contributed by atoms with Crippen LogP contribution in [0.25, 0.3) is 0 Å². The van der Waals surface area contributed by atoms with E-state index in [1.54, 1.807) is 0 Å². The van der Waals surface area contributed by atoms with Gasteiger partial charge in [-0.3, -0.25) is 0 Å². The van der Waals surface area contributed by atoms with E-state index in [-0.39, 0.29) is 6.09 Å². The topological polar surface area (TPSA) is 50.4 Å². The molecule has 0 aromatic carbocycles. The summed E-state index contributed by atoms with van der Waals surface area (Å²) in [5.74, 6) is 0.535. The zero-order valence-corrected chi connectivity index (χ0v) is 10.1. The molecule has 0 aliphatic carbocycles. The van der Waals surface area contributed by atoms with Crippen LogP contribution >= 0.6 is 0 Å². The molecular formula is C11H22N2O2. The molecular weight excluding hydrogens is 192 g/mol. The van der Waals surface area contributed by atoms with Gasteiger partial charge >= 0.3 is 6.09 Å². The van der Waals surface area contributed by atoms with Crippen LogP contribution in [-0.2, 0) is 4.74 Å². The van der Waals surface area contributed by atoms with Crippen molar-refractivity contribution in [3.05, 3.63) is 0 Å². The van der Waals surface area contributed by atoms with Gasteiger partial charge in [-0.05, 0) is 46.6 Å². The van der Waals surface area contributed by atoms with Crippen molar-refractivity contribution >= 4 is 6.09 Å². The van der Waals surface area contributed by atoms with Gasteiger partial charge in [-0.1, -0.05) is 0 Å². The highest BCUT2D eigenvalue weighted by Gasteiger charge is 2.22. The normalized spacial score (nSPS) is 26.4. The van der Waals surface area contributed by atoms with Crippen LogP contribution in [0, 0.1) is 5.92 Å². The molecule has 0 radical (unpaired) electrons. The molecule has 0 bridgehead atoms. The van der Waals surface area contributed by atoms with Crippen LogP contribution in [0.1, 0.15) is 34.1 Å². The summed E-state index contributed by atoms with van der Waals surface area (Å²) in [7, 11) is 0. The van der Waals surface area contributed by atoms with E-state index < -0.39 is 5.60 Å². The predicted molar refractivity (Wildman–Crippen MR) is 59.8 cm³/mol. The number of ether oxygens (including phenoxy) is 1. The van der Waals surface area contributed by atoms with Crippen molar-refractivity contribution in [3.63, 3.8) is 0 Å². The molecule has 1 amide bonds. The fourth-order valence-electron chi connectivity index (χ4n) is 1.73. The summed E-state index contributed by atoms with van der Waals surface area (Å²) in [5, 5.41) is 6.15. The maximum atomic E-state index is 11.3. The largest absolute Gasteiger partial charge is 0.444 e. The average molecular weight is 214 g/mol. The number of nitrogens with one attached hydrogen (secondary N) is 2. The van der Waals surface area contributed by atoms with Gasteiger partial charge in [-0.15, -0.1) is 0 Å². The maximum Gasteiger partial charge on any atom is 0.407 e. The van der Waals surface area contributed by atoms with Crippen LogP contribution in [0.5, 0.6) is 0 Å². The second-order valence-corrected chi connectivity index (χ2v) is 5.29. The van der Waals surface area contributed by atoms with E-state index >= 15 is 0 Å². The second kappa shape index (κ2) is 4.84. The van der Waals surface area contributed by atoms with Gasteiger partial charge in [0.1, 0.15) is 5.60 Å². The Balaban J connectivity index is 2.17. The molecule has 1 saturated heterocycles. The summed E-state index contributed by atoms with van der Waals surface area (Å²) in [4.78, 5) is 11.3. The lowest BCUT2D eigenvalue weighted by atomic mass is 10.1. The molecule has 0 aromatic rings. The van der Waals surface area contributed by atoms with Gasteiger partial charge in [0.2, 0.25) is 0 Å². The van der Waals surface area contributed by atoms with Crippen molar-refractivity contribution in [2.45, 2.75) is 45.8 Å². The van der Waals surface area contributed by atoms with Crippen LogP contribution in [-0.4, -0.2) is 30.8 Å². The predicted octanol–water partition coefficient (Wildman–Crippen LogP) is 1.51. The highest BCUT2D eigenvalue weighted by Crippen LogP contribution is 2.12. The second-order valence-electron chi connectivity index (χ2n) is 5.29. The minimum Gasteiger partial charge on any atom is -0.444 e. The van der Waals surface area contributed by atoms with Crippen molar-refractivity contribution in [3.8, 4) is 0 Å². The Morgan fingerprint density at radius 3 is 2.67 bits per heavy atom. The number of amides is 1. The van der Waals surface area contributed by atoms with E-state index in [0.29, 0.717) is 18.5 Å². The molecule has 1 aliphatic rings. The van der Waals surface area contributed by atoms with Gasteiger partial charge in [-0.2, -0.15) is 0 Å². The van der Waals surface area contributed by atoms with Crippen LogP contribution in [0.15, 0.2) is 0 Å². The van der Waals surface area contributed by atoms with Crippen molar-refractivity contribution in [2.75, 3.05) is 13.1 Å². The van der Waals surface area contributed by atoms with Crippen LogP contribution in [0.3, 0.4) is 0 Å². The van der Waals surface area contributed by atoms with Gasteiger partial charge in [0.05, 0.1) is 0 Å². The molecule has 1 heterocycles. The molecule has 4 heteroatoms. The molecule has 1 fully saturated rings. The third-order valence-electron chi connectivity index (χ3n) is 2.38. The van der Waals surface area contributed by atoms with Crippen molar-refractivity contribution < 1.29 is 9.53 Å². The molecule has 4 nitrogen and oxygen atoms in total. The SMILES string of the molecule is C[C@@H]1C[C@H](CNC(=O)OC(C)(C)C)CN1.